The van der Waals surface area contributed by atoms with Crippen LogP contribution in [0.1, 0.15) is 22.4 Å². The second-order valence-corrected chi connectivity index (χ2v) is 7.62. The highest BCUT2D eigenvalue weighted by Crippen LogP contribution is 2.40. The molecule has 4 rings (SSSR count). The van der Waals surface area contributed by atoms with Gasteiger partial charge in [0, 0.05) is 5.38 Å². The summed E-state index contributed by atoms with van der Waals surface area (Å²) >= 11 is 1.47. The van der Waals surface area contributed by atoms with Crippen molar-refractivity contribution in [3.63, 3.8) is 0 Å². The molecule has 0 fully saturated rings. The SMILES string of the molecule is NC(=O)Cc1csc(NC(c2ccccc2)(c2ccccc2)c2ccccc2)n1. The van der Waals surface area contributed by atoms with Crippen molar-refractivity contribution in [2.45, 2.75) is 12.0 Å². The third-order valence-electron chi connectivity index (χ3n) is 4.82. The largest absolute Gasteiger partial charge is 0.369 e. The summed E-state index contributed by atoms with van der Waals surface area (Å²) in [6.45, 7) is 0. The number of amides is 1. The molecule has 1 amide bonds. The number of nitrogens with two attached hydrogens (primary N) is 1. The van der Waals surface area contributed by atoms with Gasteiger partial charge in [-0.15, -0.1) is 11.3 Å². The first-order chi connectivity index (χ1) is 14.2. The first kappa shape index (κ1) is 18.9. The molecule has 0 bridgehead atoms. The van der Waals surface area contributed by atoms with Crippen LogP contribution in [0.5, 0.6) is 0 Å². The monoisotopic (exact) mass is 399 g/mol. The van der Waals surface area contributed by atoms with Crippen LogP contribution in [0.15, 0.2) is 96.4 Å². The maximum atomic E-state index is 11.3. The highest BCUT2D eigenvalue weighted by atomic mass is 32.1. The number of rotatable bonds is 7. The zero-order valence-corrected chi connectivity index (χ0v) is 16.6. The van der Waals surface area contributed by atoms with Crippen LogP contribution in [0.4, 0.5) is 5.13 Å². The average Bonchev–Trinajstić information content (AvgIpc) is 3.20. The summed E-state index contributed by atoms with van der Waals surface area (Å²) in [5.41, 5.74) is 8.68. The number of carbonyl (C=O) groups is 1. The number of hydrogen-bond acceptors (Lipinski definition) is 4. The van der Waals surface area contributed by atoms with E-state index < -0.39 is 5.54 Å². The number of carbonyl (C=O) groups excluding carboxylic acids is 1. The molecule has 5 heteroatoms. The summed E-state index contributed by atoms with van der Waals surface area (Å²) < 4.78 is 0. The minimum atomic E-state index is -0.633. The number of benzene rings is 3. The molecule has 3 N–H and O–H groups in total. The molecule has 1 heterocycles. The van der Waals surface area contributed by atoms with Crippen LogP contribution in [0, 0.1) is 0 Å². The molecule has 0 atom stereocenters. The fourth-order valence-electron chi connectivity index (χ4n) is 3.57. The molecule has 4 nitrogen and oxygen atoms in total. The number of hydrogen-bond donors (Lipinski definition) is 2. The van der Waals surface area contributed by atoms with Gasteiger partial charge in [0.15, 0.2) is 5.13 Å². The number of primary amides is 1. The maximum absolute atomic E-state index is 11.3. The van der Waals surface area contributed by atoms with Gasteiger partial charge in [-0.05, 0) is 16.7 Å². The lowest BCUT2D eigenvalue weighted by molar-refractivity contribution is -0.117. The second-order valence-electron chi connectivity index (χ2n) is 6.76. The standard InChI is InChI=1S/C24H21N3OS/c25-22(28)16-21-17-29-23(26-21)27-24(18-10-4-1-5-11-18,19-12-6-2-7-13-19)20-14-8-3-9-15-20/h1-15,17H,16H2,(H2,25,28)(H,26,27). The first-order valence-corrected chi connectivity index (χ1v) is 10.2. The molecular weight excluding hydrogens is 378 g/mol. The van der Waals surface area contributed by atoms with Crippen LogP contribution < -0.4 is 11.1 Å². The highest BCUT2D eigenvalue weighted by Gasteiger charge is 2.37. The van der Waals surface area contributed by atoms with Gasteiger partial charge >= 0.3 is 0 Å². The molecule has 0 aliphatic rings. The zero-order valence-electron chi connectivity index (χ0n) is 15.8. The van der Waals surface area contributed by atoms with Gasteiger partial charge in [-0.1, -0.05) is 91.0 Å². The van der Waals surface area contributed by atoms with Crippen molar-refractivity contribution in [2.75, 3.05) is 5.32 Å². The maximum Gasteiger partial charge on any atom is 0.223 e. The molecule has 0 spiro atoms. The van der Waals surface area contributed by atoms with E-state index in [1.165, 1.54) is 11.3 Å². The van der Waals surface area contributed by atoms with Crippen molar-refractivity contribution >= 4 is 22.4 Å². The molecule has 0 saturated heterocycles. The normalized spacial score (nSPS) is 11.2. The van der Waals surface area contributed by atoms with Crippen molar-refractivity contribution in [3.8, 4) is 0 Å². The summed E-state index contributed by atoms with van der Waals surface area (Å²) in [5, 5.41) is 6.30. The van der Waals surface area contributed by atoms with Gasteiger partial charge in [0.25, 0.3) is 0 Å². The number of nitrogens with one attached hydrogen (secondary N) is 1. The molecule has 144 valence electrons. The lowest BCUT2D eigenvalue weighted by Gasteiger charge is -2.36. The summed E-state index contributed by atoms with van der Waals surface area (Å²) in [6, 6.07) is 31.0. The van der Waals surface area contributed by atoms with Crippen molar-refractivity contribution in [1.82, 2.24) is 4.98 Å². The van der Waals surface area contributed by atoms with Crippen molar-refractivity contribution in [2.24, 2.45) is 5.73 Å². The van der Waals surface area contributed by atoms with E-state index in [0.717, 1.165) is 21.8 Å². The minimum Gasteiger partial charge on any atom is -0.369 e. The van der Waals surface area contributed by atoms with Crippen LogP contribution >= 0.6 is 11.3 Å². The Morgan fingerprint density at radius 2 is 1.28 bits per heavy atom. The number of anilines is 1. The predicted octanol–water partition coefficient (Wildman–Crippen LogP) is 4.57. The van der Waals surface area contributed by atoms with Crippen LogP contribution in [-0.2, 0) is 16.8 Å². The molecule has 0 radical (unpaired) electrons. The van der Waals surface area contributed by atoms with Gasteiger partial charge in [-0.2, -0.15) is 0 Å². The van der Waals surface area contributed by atoms with E-state index >= 15 is 0 Å². The molecule has 0 saturated carbocycles. The number of nitrogens with zero attached hydrogens (tertiary/aromatic N) is 1. The lowest BCUT2D eigenvalue weighted by atomic mass is 9.77. The minimum absolute atomic E-state index is 0.132. The lowest BCUT2D eigenvalue weighted by Crippen LogP contribution is -2.38. The molecule has 0 aliphatic carbocycles. The first-order valence-electron chi connectivity index (χ1n) is 9.36. The van der Waals surface area contributed by atoms with Crippen molar-refractivity contribution < 1.29 is 4.79 Å². The smallest absolute Gasteiger partial charge is 0.223 e. The van der Waals surface area contributed by atoms with E-state index in [-0.39, 0.29) is 12.3 Å². The summed E-state index contributed by atoms with van der Waals surface area (Å²) in [5.74, 6) is -0.387. The van der Waals surface area contributed by atoms with Crippen molar-refractivity contribution in [3.05, 3.63) is 119 Å². The van der Waals surface area contributed by atoms with Gasteiger partial charge in [0.05, 0.1) is 12.1 Å². The Labute approximate surface area is 174 Å². The van der Waals surface area contributed by atoms with Crippen molar-refractivity contribution in [1.29, 1.82) is 0 Å². The average molecular weight is 400 g/mol. The van der Waals surface area contributed by atoms with E-state index in [4.69, 9.17) is 5.73 Å². The Bertz CT molecular complexity index is 982. The van der Waals surface area contributed by atoms with E-state index in [2.05, 4.69) is 46.7 Å². The Hall–Kier alpha value is -3.44. The molecule has 0 aliphatic heterocycles. The third kappa shape index (κ3) is 3.91. The fourth-order valence-corrected chi connectivity index (χ4v) is 4.33. The quantitative estimate of drug-likeness (QED) is 0.447. The summed E-state index contributed by atoms with van der Waals surface area (Å²) in [7, 11) is 0. The van der Waals surface area contributed by atoms with Gasteiger partial charge in [-0.25, -0.2) is 4.98 Å². The molecule has 3 aromatic carbocycles. The van der Waals surface area contributed by atoms with Gasteiger partial charge in [0.2, 0.25) is 5.91 Å². The van der Waals surface area contributed by atoms with Crippen LogP contribution in [0.2, 0.25) is 0 Å². The van der Waals surface area contributed by atoms with Gasteiger partial charge in [0.1, 0.15) is 5.54 Å². The van der Waals surface area contributed by atoms with Gasteiger partial charge < -0.3 is 11.1 Å². The van der Waals surface area contributed by atoms with Gasteiger partial charge in [-0.3, -0.25) is 4.79 Å². The summed E-state index contributed by atoms with van der Waals surface area (Å²) in [6.07, 6.45) is 0.132. The second kappa shape index (κ2) is 8.29. The number of thiazole rings is 1. The Morgan fingerprint density at radius 1 is 0.828 bits per heavy atom. The Morgan fingerprint density at radius 3 is 1.69 bits per heavy atom. The van der Waals surface area contributed by atoms with E-state index in [0.29, 0.717) is 5.69 Å². The molecule has 1 aromatic heterocycles. The highest BCUT2D eigenvalue weighted by molar-refractivity contribution is 7.13. The van der Waals surface area contributed by atoms with Crippen LogP contribution in [0.3, 0.4) is 0 Å². The third-order valence-corrected chi connectivity index (χ3v) is 5.63. The van der Waals surface area contributed by atoms with Crippen LogP contribution in [-0.4, -0.2) is 10.9 Å². The van der Waals surface area contributed by atoms with E-state index in [1.807, 2.05) is 60.0 Å². The van der Waals surface area contributed by atoms with E-state index in [9.17, 15) is 4.79 Å². The molecule has 0 unspecified atom stereocenters. The molecular formula is C24H21N3OS. The molecule has 4 aromatic rings. The predicted molar refractivity (Wildman–Crippen MR) is 118 cm³/mol. The summed E-state index contributed by atoms with van der Waals surface area (Å²) in [4.78, 5) is 15.9. The number of aromatic nitrogens is 1. The molecule has 29 heavy (non-hydrogen) atoms. The Kier molecular flexibility index (Phi) is 5.40. The fraction of sp³-hybridized carbons (Fsp3) is 0.0833. The van der Waals surface area contributed by atoms with Crippen LogP contribution in [0.25, 0.3) is 0 Å². The zero-order chi connectivity index (χ0) is 20.1. The topological polar surface area (TPSA) is 68.0 Å². The van der Waals surface area contributed by atoms with E-state index in [1.54, 1.807) is 0 Å². The Balaban J connectivity index is 1.90.